The Bertz CT molecular complexity index is 373. The van der Waals surface area contributed by atoms with Gasteiger partial charge in [-0.2, -0.15) is 0 Å². The van der Waals surface area contributed by atoms with E-state index < -0.39 is 0 Å². The number of carbonyl (C=O) groups excluding carboxylic acids is 1. The molecule has 0 saturated carbocycles. The molecule has 1 rings (SSSR count). The van der Waals surface area contributed by atoms with Crippen molar-refractivity contribution in [1.82, 2.24) is 5.32 Å². The van der Waals surface area contributed by atoms with Gasteiger partial charge >= 0.3 is 0 Å². The zero-order valence-electron chi connectivity index (χ0n) is 11.4. The maximum Gasteiger partial charge on any atom is 0.251 e. The molecule has 1 aromatic rings. The van der Waals surface area contributed by atoms with Gasteiger partial charge in [-0.1, -0.05) is 32.9 Å². The zero-order valence-corrected chi connectivity index (χ0v) is 12.1. The maximum absolute atomic E-state index is 12.0. The fraction of sp³-hybridized carbons (Fsp3) is 0.533. The van der Waals surface area contributed by atoms with Crippen LogP contribution in [0.5, 0.6) is 0 Å². The summed E-state index contributed by atoms with van der Waals surface area (Å²) < 4.78 is 0. The lowest BCUT2D eigenvalue weighted by molar-refractivity contribution is 0.0936. The van der Waals surface area contributed by atoms with Crippen LogP contribution in [0.2, 0.25) is 0 Å². The van der Waals surface area contributed by atoms with E-state index in [2.05, 4.69) is 26.1 Å². The van der Waals surface area contributed by atoms with Gasteiger partial charge in [0.15, 0.2) is 0 Å². The molecule has 1 amide bonds. The Morgan fingerprint density at radius 2 is 1.89 bits per heavy atom. The minimum Gasteiger partial charge on any atom is -0.348 e. The molecule has 1 N–H and O–H groups in total. The fourth-order valence-electron chi connectivity index (χ4n) is 1.89. The molecule has 0 aliphatic heterocycles. The van der Waals surface area contributed by atoms with Crippen molar-refractivity contribution in [3.63, 3.8) is 0 Å². The molecule has 0 saturated heterocycles. The first kappa shape index (κ1) is 15.0. The van der Waals surface area contributed by atoms with Crippen molar-refractivity contribution in [3.05, 3.63) is 35.4 Å². The van der Waals surface area contributed by atoms with Crippen molar-refractivity contribution >= 4 is 17.5 Å². The first-order valence-electron chi connectivity index (χ1n) is 6.52. The highest BCUT2D eigenvalue weighted by Gasteiger charge is 2.14. The summed E-state index contributed by atoms with van der Waals surface area (Å²) in [6.07, 6.45) is 1.89. The van der Waals surface area contributed by atoms with Crippen LogP contribution in [-0.4, -0.2) is 17.8 Å². The number of hydrogen-bond donors (Lipinski definition) is 1. The van der Waals surface area contributed by atoms with Crippen LogP contribution in [0.4, 0.5) is 0 Å². The standard InChI is InChI=1S/C15H22ClNO/c1-4-12-5-7-13(8-6-12)15(18)17-14(10-16)9-11(2)3/h5-8,11,14H,4,9-10H2,1-3H3,(H,17,18). The number of rotatable bonds is 6. The number of benzene rings is 1. The van der Waals surface area contributed by atoms with Crippen LogP contribution >= 0.6 is 11.6 Å². The van der Waals surface area contributed by atoms with Crippen LogP contribution in [0.3, 0.4) is 0 Å². The number of carbonyl (C=O) groups is 1. The monoisotopic (exact) mass is 267 g/mol. The van der Waals surface area contributed by atoms with E-state index in [-0.39, 0.29) is 11.9 Å². The summed E-state index contributed by atoms with van der Waals surface area (Å²) in [6, 6.07) is 7.77. The Morgan fingerprint density at radius 1 is 1.28 bits per heavy atom. The lowest BCUT2D eigenvalue weighted by Crippen LogP contribution is -2.37. The van der Waals surface area contributed by atoms with Gasteiger partial charge in [-0.05, 0) is 36.5 Å². The molecule has 0 fully saturated rings. The van der Waals surface area contributed by atoms with E-state index in [0.29, 0.717) is 17.4 Å². The number of amides is 1. The van der Waals surface area contributed by atoms with Crippen molar-refractivity contribution in [2.45, 2.75) is 39.7 Å². The fourth-order valence-corrected chi connectivity index (χ4v) is 2.09. The van der Waals surface area contributed by atoms with Gasteiger partial charge in [0.2, 0.25) is 0 Å². The molecule has 1 unspecified atom stereocenters. The minimum absolute atomic E-state index is 0.0380. The van der Waals surface area contributed by atoms with E-state index in [4.69, 9.17) is 11.6 Å². The molecule has 3 heteroatoms. The Hall–Kier alpha value is -1.02. The van der Waals surface area contributed by atoms with Crippen LogP contribution in [0.1, 0.15) is 43.1 Å². The summed E-state index contributed by atoms with van der Waals surface area (Å²) in [5, 5.41) is 2.98. The van der Waals surface area contributed by atoms with Gasteiger partial charge in [0.05, 0.1) is 0 Å². The van der Waals surface area contributed by atoms with E-state index in [0.717, 1.165) is 12.8 Å². The SMILES string of the molecule is CCc1ccc(C(=O)NC(CCl)CC(C)C)cc1. The van der Waals surface area contributed by atoms with Gasteiger partial charge in [-0.3, -0.25) is 4.79 Å². The summed E-state index contributed by atoms with van der Waals surface area (Å²) in [7, 11) is 0. The number of hydrogen-bond acceptors (Lipinski definition) is 1. The summed E-state index contributed by atoms with van der Waals surface area (Å²) in [5.74, 6) is 0.942. The first-order chi connectivity index (χ1) is 8.56. The molecule has 0 bridgehead atoms. The maximum atomic E-state index is 12.0. The van der Waals surface area contributed by atoms with Crippen LogP contribution in [0.15, 0.2) is 24.3 Å². The third kappa shape index (κ3) is 4.69. The highest BCUT2D eigenvalue weighted by molar-refractivity contribution is 6.18. The predicted octanol–water partition coefficient (Wildman–Crippen LogP) is 3.63. The molecular formula is C15H22ClNO. The van der Waals surface area contributed by atoms with Gasteiger partial charge in [0.25, 0.3) is 5.91 Å². The minimum atomic E-state index is -0.0380. The molecule has 0 radical (unpaired) electrons. The Labute approximate surface area is 115 Å². The third-order valence-corrected chi connectivity index (χ3v) is 3.27. The Balaban J connectivity index is 2.62. The highest BCUT2D eigenvalue weighted by atomic mass is 35.5. The lowest BCUT2D eigenvalue weighted by Gasteiger charge is -2.18. The largest absolute Gasteiger partial charge is 0.348 e. The molecule has 0 aliphatic rings. The molecular weight excluding hydrogens is 246 g/mol. The molecule has 100 valence electrons. The molecule has 0 heterocycles. The number of aryl methyl sites for hydroxylation is 1. The second-order valence-corrected chi connectivity index (χ2v) is 5.31. The van der Waals surface area contributed by atoms with Crippen molar-refractivity contribution in [2.24, 2.45) is 5.92 Å². The van der Waals surface area contributed by atoms with Crippen molar-refractivity contribution in [2.75, 3.05) is 5.88 Å². The zero-order chi connectivity index (χ0) is 13.5. The van der Waals surface area contributed by atoms with Gasteiger partial charge < -0.3 is 5.32 Å². The van der Waals surface area contributed by atoms with E-state index in [1.807, 2.05) is 24.3 Å². The summed E-state index contributed by atoms with van der Waals surface area (Å²) in [4.78, 5) is 12.0. The van der Waals surface area contributed by atoms with Crippen LogP contribution in [-0.2, 0) is 6.42 Å². The number of nitrogens with one attached hydrogen (secondary N) is 1. The van der Waals surface area contributed by atoms with Crippen molar-refractivity contribution in [1.29, 1.82) is 0 Å². The molecule has 0 spiro atoms. The molecule has 2 nitrogen and oxygen atoms in total. The van der Waals surface area contributed by atoms with E-state index in [9.17, 15) is 4.79 Å². The van der Waals surface area contributed by atoms with E-state index >= 15 is 0 Å². The molecule has 18 heavy (non-hydrogen) atoms. The predicted molar refractivity (Wildman–Crippen MR) is 77.2 cm³/mol. The van der Waals surface area contributed by atoms with Crippen molar-refractivity contribution < 1.29 is 4.79 Å². The van der Waals surface area contributed by atoms with Gasteiger partial charge in [0, 0.05) is 17.5 Å². The topological polar surface area (TPSA) is 29.1 Å². The summed E-state index contributed by atoms with van der Waals surface area (Å²) in [5.41, 5.74) is 1.94. The van der Waals surface area contributed by atoms with E-state index in [1.54, 1.807) is 0 Å². The Kier molecular flexibility index (Phi) is 6.20. The van der Waals surface area contributed by atoms with Crippen molar-refractivity contribution in [3.8, 4) is 0 Å². The highest BCUT2D eigenvalue weighted by Crippen LogP contribution is 2.09. The molecule has 1 aromatic carbocycles. The first-order valence-corrected chi connectivity index (χ1v) is 7.06. The number of alkyl halides is 1. The summed E-state index contributed by atoms with van der Waals surface area (Å²) >= 11 is 5.88. The van der Waals surface area contributed by atoms with Crippen LogP contribution in [0.25, 0.3) is 0 Å². The molecule has 0 aromatic heterocycles. The van der Waals surface area contributed by atoms with Gasteiger partial charge in [-0.15, -0.1) is 11.6 Å². The normalized spacial score (nSPS) is 12.5. The van der Waals surface area contributed by atoms with Crippen LogP contribution in [0, 0.1) is 5.92 Å². The molecule has 0 aliphatic carbocycles. The molecule has 1 atom stereocenters. The van der Waals surface area contributed by atoms with Gasteiger partial charge in [-0.25, -0.2) is 0 Å². The number of halogens is 1. The lowest BCUT2D eigenvalue weighted by atomic mass is 10.0. The Morgan fingerprint density at radius 3 is 2.33 bits per heavy atom. The second-order valence-electron chi connectivity index (χ2n) is 5.00. The third-order valence-electron chi connectivity index (χ3n) is 2.90. The quantitative estimate of drug-likeness (QED) is 0.784. The van der Waals surface area contributed by atoms with E-state index in [1.165, 1.54) is 5.56 Å². The summed E-state index contributed by atoms with van der Waals surface area (Å²) in [6.45, 7) is 6.35. The smallest absolute Gasteiger partial charge is 0.251 e. The average Bonchev–Trinajstić information content (AvgIpc) is 2.37. The van der Waals surface area contributed by atoms with Gasteiger partial charge in [0.1, 0.15) is 0 Å². The van der Waals surface area contributed by atoms with Crippen LogP contribution < -0.4 is 5.32 Å². The average molecular weight is 268 g/mol. The second kappa shape index (κ2) is 7.42.